The number of carbonyl (C=O) groups is 1. The molecule has 0 aromatic heterocycles. The van der Waals surface area contributed by atoms with Crippen molar-refractivity contribution in [2.24, 2.45) is 46.3 Å². The number of carboxylic acids is 1. The Hall–Kier alpha value is -0.690. The lowest BCUT2D eigenvalue weighted by atomic mass is 9.43. The van der Waals surface area contributed by atoms with Gasteiger partial charge in [0.05, 0.1) is 44.5 Å². The number of carboxylic acid groups (broad SMARTS) is 1. The van der Waals surface area contributed by atoms with Crippen LogP contribution < -0.4 is 5.11 Å². The normalized spacial score (nSPS) is 37.8. The number of aliphatic carboxylic acids is 1. The van der Waals surface area contributed by atoms with E-state index in [9.17, 15) is 25.2 Å². The lowest BCUT2D eigenvalue weighted by Gasteiger charge is -2.63. The van der Waals surface area contributed by atoms with Crippen LogP contribution in [0, 0.1) is 46.3 Å². The summed E-state index contributed by atoms with van der Waals surface area (Å²) in [5.74, 6) is 0.635. The van der Waals surface area contributed by atoms with Crippen molar-refractivity contribution in [1.29, 1.82) is 0 Å². The summed E-state index contributed by atoms with van der Waals surface area (Å²) in [7, 11) is 0. The molecule has 0 bridgehead atoms. The molecule has 3 N–H and O–H groups in total. The molecule has 0 amide bonds. The summed E-state index contributed by atoms with van der Waals surface area (Å²) in [5.41, 5.74) is -0.172. The molecule has 11 unspecified atom stereocenters. The number of aliphatic hydroxyl groups is 3. The molecule has 4 rings (SSSR count). The van der Waals surface area contributed by atoms with Gasteiger partial charge in [0.15, 0.2) is 0 Å². The van der Waals surface area contributed by atoms with E-state index in [-0.39, 0.29) is 53.1 Å². The summed E-state index contributed by atoms with van der Waals surface area (Å²) in [5, 5.41) is 43.9. The van der Waals surface area contributed by atoms with Crippen molar-refractivity contribution in [2.45, 2.75) is 176 Å². The van der Waals surface area contributed by atoms with Crippen LogP contribution in [0.1, 0.15) is 158 Å². The van der Waals surface area contributed by atoms with E-state index in [0.29, 0.717) is 18.3 Å². The smallest absolute Gasteiger partial charge is 0.0786 e. The Morgan fingerprint density at radius 3 is 1.85 bits per heavy atom. The highest BCUT2D eigenvalue weighted by Crippen LogP contribution is 2.68. The zero-order valence-corrected chi connectivity index (χ0v) is 31.2. The van der Waals surface area contributed by atoms with Crippen molar-refractivity contribution >= 4 is 5.97 Å². The van der Waals surface area contributed by atoms with Crippen LogP contribution in [-0.2, 0) is 4.79 Å². The van der Waals surface area contributed by atoms with Crippen LogP contribution in [-0.4, -0.2) is 70.3 Å². The first kappa shape index (κ1) is 39.7. The largest absolute Gasteiger partial charge is 0.550 e. The zero-order chi connectivity index (χ0) is 34.1. The van der Waals surface area contributed by atoms with Crippen molar-refractivity contribution in [3.8, 4) is 0 Å². The Labute approximate surface area is 283 Å². The summed E-state index contributed by atoms with van der Waals surface area (Å²) in [6, 6.07) is 0. The third-order valence-corrected chi connectivity index (χ3v) is 14.3. The van der Waals surface area contributed by atoms with Crippen LogP contribution in [0.2, 0.25) is 0 Å². The van der Waals surface area contributed by atoms with Crippen molar-refractivity contribution in [3.05, 3.63) is 0 Å². The van der Waals surface area contributed by atoms with Gasteiger partial charge < -0.3 is 29.7 Å². The van der Waals surface area contributed by atoms with Crippen LogP contribution in [0.25, 0.3) is 0 Å². The van der Waals surface area contributed by atoms with Crippen LogP contribution in [0.5, 0.6) is 0 Å². The average Bonchev–Trinajstić information content (AvgIpc) is 3.39. The SMILES string of the molecule is CC(CCC(=O)[O-])C1CCC2C3C(O)CC4CC(O)CCC4(C)C3CC(O)C12C.CCCC[N+](CCCC)(CCCC)CCCC. The second kappa shape index (κ2) is 17.8. The quantitative estimate of drug-likeness (QED) is 0.155. The van der Waals surface area contributed by atoms with Crippen LogP contribution in [0.3, 0.4) is 0 Å². The van der Waals surface area contributed by atoms with E-state index < -0.39 is 12.1 Å². The number of hydrogen-bond donors (Lipinski definition) is 3. The van der Waals surface area contributed by atoms with E-state index in [1.165, 1.54) is 82.0 Å². The van der Waals surface area contributed by atoms with E-state index in [1.807, 2.05) is 0 Å². The minimum atomic E-state index is -0.998. The molecular weight excluding hydrogens is 574 g/mol. The number of unbranched alkanes of at least 4 members (excludes halogenated alkanes) is 4. The van der Waals surface area contributed by atoms with Crippen LogP contribution in [0.15, 0.2) is 0 Å². The molecule has 0 saturated heterocycles. The lowest BCUT2D eigenvalue weighted by Crippen LogP contribution is -2.62. The molecule has 0 aliphatic heterocycles. The third kappa shape index (κ3) is 8.90. The molecule has 4 saturated carbocycles. The Balaban J connectivity index is 0.000000292. The van der Waals surface area contributed by atoms with E-state index in [2.05, 4.69) is 48.5 Å². The van der Waals surface area contributed by atoms with Crippen LogP contribution in [0.4, 0.5) is 0 Å². The van der Waals surface area contributed by atoms with Crippen molar-refractivity contribution in [3.63, 3.8) is 0 Å². The van der Waals surface area contributed by atoms with Gasteiger partial charge in [-0.15, -0.1) is 0 Å². The van der Waals surface area contributed by atoms with Gasteiger partial charge in [0.25, 0.3) is 0 Å². The summed E-state index contributed by atoms with van der Waals surface area (Å²) in [6.45, 7) is 21.7. The molecule has 0 aromatic carbocycles. The number of aliphatic hydroxyl groups excluding tert-OH is 3. The first-order valence-electron chi connectivity index (χ1n) is 19.9. The van der Waals surface area contributed by atoms with Crippen molar-refractivity contribution < 1.29 is 29.7 Å². The molecule has 4 fully saturated rings. The monoisotopic (exact) mass is 650 g/mol. The lowest BCUT2D eigenvalue weighted by molar-refractivity contribution is -0.929. The summed E-state index contributed by atoms with van der Waals surface area (Å²) >= 11 is 0. The van der Waals surface area contributed by atoms with Gasteiger partial charge in [-0.3, -0.25) is 0 Å². The molecule has 6 heteroatoms. The topological polar surface area (TPSA) is 101 Å². The highest BCUT2D eigenvalue weighted by atomic mass is 16.4. The molecule has 0 aromatic rings. The number of nitrogens with zero attached hydrogens (tertiary/aromatic N) is 1. The Morgan fingerprint density at radius 1 is 0.804 bits per heavy atom. The number of quaternary nitrogens is 1. The predicted octanol–water partition coefficient (Wildman–Crippen LogP) is 7.12. The van der Waals surface area contributed by atoms with Gasteiger partial charge in [-0.1, -0.05) is 74.1 Å². The highest BCUT2D eigenvalue weighted by Gasteiger charge is 2.65. The summed E-state index contributed by atoms with van der Waals surface area (Å²) < 4.78 is 1.42. The first-order chi connectivity index (χ1) is 21.8. The fraction of sp³-hybridized carbons (Fsp3) is 0.975. The fourth-order valence-corrected chi connectivity index (χ4v) is 11.3. The predicted molar refractivity (Wildman–Crippen MR) is 187 cm³/mol. The molecule has 4 aliphatic carbocycles. The van der Waals surface area contributed by atoms with Gasteiger partial charge in [-0.05, 0) is 130 Å². The molecule has 0 spiro atoms. The maximum atomic E-state index is 11.5. The van der Waals surface area contributed by atoms with Gasteiger partial charge in [-0.25, -0.2) is 0 Å². The Kier molecular flexibility index (Phi) is 15.4. The summed E-state index contributed by atoms with van der Waals surface area (Å²) in [6.07, 6.45) is 16.8. The third-order valence-electron chi connectivity index (χ3n) is 14.3. The average molecular weight is 650 g/mol. The number of carbonyl (C=O) groups excluding carboxylic acids is 1. The fourth-order valence-electron chi connectivity index (χ4n) is 11.3. The van der Waals surface area contributed by atoms with Crippen molar-refractivity contribution in [1.82, 2.24) is 0 Å². The zero-order valence-electron chi connectivity index (χ0n) is 31.2. The second-order valence-electron chi connectivity index (χ2n) is 17.1. The van der Waals surface area contributed by atoms with E-state index in [0.717, 1.165) is 44.9 Å². The maximum Gasteiger partial charge on any atom is 0.0786 e. The Bertz CT molecular complexity index is 875. The molecule has 11 atom stereocenters. The van der Waals surface area contributed by atoms with Gasteiger partial charge in [0, 0.05) is 5.97 Å². The second-order valence-corrected chi connectivity index (χ2v) is 17.1. The van der Waals surface area contributed by atoms with Gasteiger partial charge in [-0.2, -0.15) is 0 Å². The molecule has 270 valence electrons. The summed E-state index contributed by atoms with van der Waals surface area (Å²) in [4.78, 5) is 11.0. The molecular formula is C40H75NO5. The minimum Gasteiger partial charge on any atom is -0.550 e. The Morgan fingerprint density at radius 2 is 1.35 bits per heavy atom. The van der Waals surface area contributed by atoms with Crippen LogP contribution >= 0.6 is 0 Å². The van der Waals surface area contributed by atoms with Gasteiger partial charge in [0.1, 0.15) is 0 Å². The number of rotatable bonds is 16. The van der Waals surface area contributed by atoms with Gasteiger partial charge >= 0.3 is 0 Å². The minimum absolute atomic E-state index is 0.0747. The van der Waals surface area contributed by atoms with Crippen molar-refractivity contribution in [2.75, 3.05) is 26.2 Å². The standard InChI is InChI=1S/C24H40O5.C16H36N/c1-13(4-7-21(28)29)16-5-6-17-22-18(12-20(27)24(16,17)3)23(2)9-8-15(25)10-14(23)11-19(22)26;1-5-9-13-17(14-10-6-2,15-11-7-3)16-12-8-4/h13-20,22,25-27H,4-12H2,1-3H3,(H,28,29);5-16H2,1-4H3/q;+1/p-1. The first-order valence-corrected chi connectivity index (χ1v) is 19.9. The molecule has 46 heavy (non-hydrogen) atoms. The van der Waals surface area contributed by atoms with Gasteiger partial charge in [0.2, 0.25) is 0 Å². The maximum absolute atomic E-state index is 11.5. The molecule has 6 nitrogen and oxygen atoms in total. The molecule has 4 aliphatic rings. The van der Waals surface area contributed by atoms with E-state index in [1.54, 1.807) is 0 Å². The van der Waals surface area contributed by atoms with E-state index >= 15 is 0 Å². The number of fused-ring (bicyclic) bond motifs is 5. The number of hydrogen-bond acceptors (Lipinski definition) is 5. The molecule has 0 heterocycles. The molecule has 0 radical (unpaired) electrons. The van der Waals surface area contributed by atoms with E-state index in [4.69, 9.17) is 0 Å². The highest BCUT2D eigenvalue weighted by molar-refractivity contribution is 5.64.